The molecule has 0 aliphatic carbocycles. The van der Waals surface area contributed by atoms with Crippen LogP contribution in [0.25, 0.3) is 11.1 Å². The molecule has 2 rings (SSSR count). The molecule has 116 valence electrons. The first kappa shape index (κ1) is 16.0. The van der Waals surface area contributed by atoms with Gasteiger partial charge in [0.15, 0.2) is 6.10 Å². The van der Waals surface area contributed by atoms with Gasteiger partial charge in [-0.25, -0.2) is 4.79 Å². The van der Waals surface area contributed by atoms with Crippen LogP contribution in [0.1, 0.15) is 25.5 Å². The van der Waals surface area contributed by atoms with E-state index in [1.54, 1.807) is 19.1 Å². The van der Waals surface area contributed by atoms with Crippen LogP contribution < -0.4 is 5.32 Å². The third kappa shape index (κ3) is 3.86. The monoisotopic (exact) mass is 299 g/mol. The maximum Gasteiger partial charge on any atom is 0.339 e. The summed E-state index contributed by atoms with van der Waals surface area (Å²) in [5, 5.41) is 13.1. The maximum atomic E-state index is 11.5. The summed E-state index contributed by atoms with van der Waals surface area (Å²) in [5.41, 5.74) is 3.73. The fourth-order valence-corrected chi connectivity index (χ4v) is 2.20. The second kappa shape index (κ2) is 7.61. The third-order valence-corrected chi connectivity index (χ3v) is 3.34. The highest BCUT2D eigenvalue weighted by atomic mass is 16.5. The Hall–Kier alpha value is -2.33. The van der Waals surface area contributed by atoms with Gasteiger partial charge in [-0.15, -0.1) is 0 Å². The molecule has 0 aromatic heterocycles. The molecule has 0 bridgehead atoms. The van der Waals surface area contributed by atoms with Crippen LogP contribution in [-0.2, 0) is 9.53 Å². The van der Waals surface area contributed by atoms with Crippen molar-refractivity contribution in [1.29, 1.82) is 0 Å². The molecule has 1 unspecified atom stereocenters. The standard InChI is InChI=1S/C18H21NO3/c1-3-19-16-11-9-14(10-12-16)13-5-7-15(8-6-13)17(20)18(21)22-4-2/h5-12,17,19-20H,3-4H2,1-2H3. The van der Waals surface area contributed by atoms with E-state index in [1.807, 2.05) is 36.4 Å². The number of aliphatic hydroxyl groups is 1. The molecule has 2 aromatic carbocycles. The van der Waals surface area contributed by atoms with Crippen LogP contribution in [0.3, 0.4) is 0 Å². The van der Waals surface area contributed by atoms with Crippen LogP contribution in [-0.4, -0.2) is 24.2 Å². The van der Waals surface area contributed by atoms with Gasteiger partial charge in [-0.2, -0.15) is 0 Å². The zero-order chi connectivity index (χ0) is 15.9. The second-order valence-corrected chi connectivity index (χ2v) is 4.88. The molecule has 1 atom stereocenters. The molecule has 0 heterocycles. The quantitative estimate of drug-likeness (QED) is 0.803. The minimum absolute atomic E-state index is 0.256. The van der Waals surface area contributed by atoms with Crippen LogP contribution >= 0.6 is 0 Å². The smallest absolute Gasteiger partial charge is 0.339 e. The highest BCUT2D eigenvalue weighted by Gasteiger charge is 2.18. The molecule has 0 saturated carbocycles. The molecular formula is C18H21NO3. The second-order valence-electron chi connectivity index (χ2n) is 4.88. The highest BCUT2D eigenvalue weighted by Crippen LogP contribution is 2.24. The lowest BCUT2D eigenvalue weighted by molar-refractivity contribution is -0.153. The number of esters is 1. The molecule has 0 saturated heterocycles. The number of carbonyl (C=O) groups excluding carboxylic acids is 1. The molecule has 0 aliphatic rings. The van der Waals surface area contributed by atoms with E-state index in [4.69, 9.17) is 4.74 Å². The van der Waals surface area contributed by atoms with Crippen molar-refractivity contribution in [2.45, 2.75) is 20.0 Å². The van der Waals surface area contributed by atoms with E-state index in [9.17, 15) is 9.90 Å². The van der Waals surface area contributed by atoms with E-state index < -0.39 is 12.1 Å². The van der Waals surface area contributed by atoms with E-state index >= 15 is 0 Å². The van der Waals surface area contributed by atoms with Crippen LogP contribution in [0, 0.1) is 0 Å². The van der Waals surface area contributed by atoms with Crippen molar-refractivity contribution < 1.29 is 14.6 Å². The Bertz CT molecular complexity index is 605. The number of hydrogen-bond acceptors (Lipinski definition) is 4. The van der Waals surface area contributed by atoms with E-state index in [-0.39, 0.29) is 6.61 Å². The number of carbonyl (C=O) groups is 1. The van der Waals surface area contributed by atoms with Crippen molar-refractivity contribution in [3.63, 3.8) is 0 Å². The van der Waals surface area contributed by atoms with Gasteiger partial charge in [0.05, 0.1) is 6.61 Å². The van der Waals surface area contributed by atoms with Gasteiger partial charge in [-0.3, -0.25) is 0 Å². The Morgan fingerprint density at radius 2 is 1.59 bits per heavy atom. The number of hydrogen-bond donors (Lipinski definition) is 2. The largest absolute Gasteiger partial charge is 0.464 e. The van der Waals surface area contributed by atoms with Crippen LogP contribution in [0.15, 0.2) is 48.5 Å². The molecule has 0 aliphatic heterocycles. The molecule has 2 aromatic rings. The topological polar surface area (TPSA) is 58.6 Å². The summed E-state index contributed by atoms with van der Waals surface area (Å²) in [6.45, 7) is 4.91. The maximum absolute atomic E-state index is 11.5. The highest BCUT2D eigenvalue weighted by molar-refractivity contribution is 5.76. The third-order valence-electron chi connectivity index (χ3n) is 3.34. The summed E-state index contributed by atoms with van der Waals surface area (Å²) in [4.78, 5) is 11.5. The van der Waals surface area contributed by atoms with Gasteiger partial charge in [-0.05, 0) is 42.7 Å². The minimum atomic E-state index is -1.23. The van der Waals surface area contributed by atoms with Crippen LogP contribution in [0.4, 0.5) is 5.69 Å². The fourth-order valence-electron chi connectivity index (χ4n) is 2.20. The lowest BCUT2D eigenvalue weighted by Crippen LogP contribution is -2.15. The Labute approximate surface area is 130 Å². The first-order chi connectivity index (χ1) is 10.7. The summed E-state index contributed by atoms with van der Waals surface area (Å²) >= 11 is 0. The first-order valence-electron chi connectivity index (χ1n) is 7.44. The lowest BCUT2D eigenvalue weighted by Gasteiger charge is -2.11. The average molecular weight is 299 g/mol. The number of aliphatic hydroxyl groups excluding tert-OH is 1. The lowest BCUT2D eigenvalue weighted by atomic mass is 10.0. The van der Waals surface area contributed by atoms with Gasteiger partial charge in [0.2, 0.25) is 0 Å². The molecule has 0 spiro atoms. The van der Waals surface area contributed by atoms with Crippen molar-refractivity contribution in [3.8, 4) is 11.1 Å². The van der Waals surface area contributed by atoms with Gasteiger partial charge in [0.25, 0.3) is 0 Å². The predicted octanol–water partition coefficient (Wildman–Crippen LogP) is 3.38. The molecule has 4 nitrogen and oxygen atoms in total. The fraction of sp³-hybridized carbons (Fsp3) is 0.278. The Morgan fingerprint density at radius 1 is 1.05 bits per heavy atom. The predicted molar refractivity (Wildman–Crippen MR) is 87.6 cm³/mol. The zero-order valence-electron chi connectivity index (χ0n) is 12.9. The van der Waals surface area contributed by atoms with Crippen LogP contribution in [0.5, 0.6) is 0 Å². The average Bonchev–Trinajstić information content (AvgIpc) is 2.55. The van der Waals surface area contributed by atoms with Gasteiger partial charge < -0.3 is 15.2 Å². The van der Waals surface area contributed by atoms with Gasteiger partial charge >= 0.3 is 5.97 Å². The molecule has 0 amide bonds. The summed E-state index contributed by atoms with van der Waals surface area (Å²) in [5.74, 6) is -0.620. The summed E-state index contributed by atoms with van der Waals surface area (Å²) in [6.07, 6.45) is -1.23. The van der Waals surface area contributed by atoms with Gasteiger partial charge in [0.1, 0.15) is 0 Å². The normalized spacial score (nSPS) is 11.8. The SMILES string of the molecule is CCNc1ccc(-c2ccc(C(O)C(=O)OCC)cc2)cc1. The number of ether oxygens (including phenoxy) is 1. The minimum Gasteiger partial charge on any atom is -0.464 e. The van der Waals surface area contributed by atoms with Crippen molar-refractivity contribution >= 4 is 11.7 Å². The molecule has 2 N–H and O–H groups in total. The Balaban J connectivity index is 2.12. The van der Waals surface area contributed by atoms with E-state index in [0.717, 1.165) is 23.4 Å². The van der Waals surface area contributed by atoms with Gasteiger partial charge in [-0.1, -0.05) is 36.4 Å². The summed E-state index contributed by atoms with van der Waals surface area (Å²) < 4.78 is 4.81. The molecule has 4 heteroatoms. The molecule has 0 radical (unpaired) electrons. The van der Waals surface area contributed by atoms with E-state index in [1.165, 1.54) is 0 Å². The van der Waals surface area contributed by atoms with Crippen molar-refractivity contribution in [2.75, 3.05) is 18.5 Å². The Morgan fingerprint density at radius 3 is 2.09 bits per heavy atom. The number of benzene rings is 2. The van der Waals surface area contributed by atoms with Crippen molar-refractivity contribution in [2.24, 2.45) is 0 Å². The number of rotatable bonds is 6. The van der Waals surface area contributed by atoms with Crippen molar-refractivity contribution in [3.05, 3.63) is 54.1 Å². The summed E-state index contributed by atoms with van der Waals surface area (Å²) in [7, 11) is 0. The number of anilines is 1. The van der Waals surface area contributed by atoms with Crippen LogP contribution in [0.2, 0.25) is 0 Å². The molecular weight excluding hydrogens is 278 g/mol. The molecule has 0 fully saturated rings. The summed E-state index contributed by atoms with van der Waals surface area (Å²) in [6, 6.07) is 15.4. The first-order valence-corrected chi connectivity index (χ1v) is 7.44. The molecule has 22 heavy (non-hydrogen) atoms. The number of nitrogens with one attached hydrogen (secondary N) is 1. The van der Waals surface area contributed by atoms with Gasteiger partial charge in [0, 0.05) is 12.2 Å². The van der Waals surface area contributed by atoms with Crippen molar-refractivity contribution in [1.82, 2.24) is 0 Å². The van der Waals surface area contributed by atoms with E-state index in [0.29, 0.717) is 5.56 Å². The van der Waals surface area contributed by atoms with E-state index in [2.05, 4.69) is 12.2 Å². The Kier molecular flexibility index (Phi) is 5.55. The zero-order valence-corrected chi connectivity index (χ0v) is 12.9.